The van der Waals surface area contributed by atoms with Crippen molar-refractivity contribution in [2.75, 3.05) is 26.2 Å². The monoisotopic (exact) mass is 587 g/mol. The molecule has 0 radical (unpaired) electrons. The number of fused-ring (bicyclic) bond motifs is 1. The molecule has 3 amide bonds. The molecule has 3 unspecified atom stereocenters. The number of nitrogens with zero attached hydrogens (tertiary/aromatic N) is 3. The quantitative estimate of drug-likeness (QED) is 0.336. The fraction of sp³-hybridized carbons (Fsp3) is 0.552. The zero-order valence-corrected chi connectivity index (χ0v) is 24.0. The van der Waals surface area contributed by atoms with E-state index in [1.807, 2.05) is 51.1 Å². The SMILES string of the molecule is C=CCN(Cc1ccccc1)C(=O)[C@H]1[C@@H]2OC3(CC2Br)C(C(=O)N(CC=C)C(C)(C)C)N(CCO)C(=O)[C@H]13. The van der Waals surface area contributed by atoms with Crippen LogP contribution in [-0.2, 0) is 25.7 Å². The van der Waals surface area contributed by atoms with Gasteiger partial charge in [-0.25, -0.2) is 0 Å². The predicted octanol–water partition coefficient (Wildman–Crippen LogP) is 2.75. The second-order valence-corrected chi connectivity index (χ2v) is 12.5. The summed E-state index contributed by atoms with van der Waals surface area (Å²) < 4.78 is 6.59. The Bertz CT molecular complexity index is 1090. The number of benzene rings is 1. The van der Waals surface area contributed by atoms with Gasteiger partial charge in [-0.2, -0.15) is 0 Å². The molecule has 3 heterocycles. The van der Waals surface area contributed by atoms with Crippen LogP contribution in [0.4, 0.5) is 0 Å². The van der Waals surface area contributed by atoms with Crippen molar-refractivity contribution in [2.45, 2.75) is 61.8 Å². The van der Waals surface area contributed by atoms with E-state index >= 15 is 0 Å². The van der Waals surface area contributed by atoms with Crippen LogP contribution in [0.1, 0.15) is 32.8 Å². The maximum absolute atomic E-state index is 14.2. The molecule has 3 aliphatic heterocycles. The van der Waals surface area contributed by atoms with Crippen molar-refractivity contribution >= 4 is 33.7 Å². The van der Waals surface area contributed by atoms with Crippen molar-refractivity contribution in [3.05, 3.63) is 61.2 Å². The largest absolute Gasteiger partial charge is 0.395 e. The summed E-state index contributed by atoms with van der Waals surface area (Å²) in [5.74, 6) is -2.35. The molecule has 3 aliphatic rings. The highest BCUT2D eigenvalue weighted by molar-refractivity contribution is 9.09. The van der Waals surface area contributed by atoms with Crippen LogP contribution in [0.15, 0.2) is 55.6 Å². The number of hydrogen-bond acceptors (Lipinski definition) is 5. The molecule has 38 heavy (non-hydrogen) atoms. The zero-order chi connectivity index (χ0) is 27.8. The van der Waals surface area contributed by atoms with E-state index in [-0.39, 0.29) is 35.7 Å². The molecule has 6 atom stereocenters. The van der Waals surface area contributed by atoms with Gasteiger partial charge in [-0.3, -0.25) is 14.4 Å². The number of hydrogen-bond donors (Lipinski definition) is 1. The van der Waals surface area contributed by atoms with E-state index in [2.05, 4.69) is 29.1 Å². The van der Waals surface area contributed by atoms with E-state index in [1.165, 1.54) is 4.90 Å². The number of alkyl halides is 1. The molecular weight excluding hydrogens is 550 g/mol. The molecule has 206 valence electrons. The predicted molar refractivity (Wildman–Crippen MR) is 148 cm³/mol. The Balaban J connectivity index is 1.74. The lowest BCUT2D eigenvalue weighted by Gasteiger charge is -2.42. The van der Waals surface area contributed by atoms with Gasteiger partial charge in [-0.05, 0) is 32.8 Å². The fourth-order valence-electron chi connectivity index (χ4n) is 6.41. The maximum atomic E-state index is 14.2. The highest BCUT2D eigenvalue weighted by Crippen LogP contribution is 2.60. The zero-order valence-electron chi connectivity index (χ0n) is 22.4. The molecule has 0 saturated carbocycles. The molecule has 0 aromatic heterocycles. The van der Waals surface area contributed by atoms with E-state index in [4.69, 9.17) is 4.74 Å². The number of likely N-dealkylation sites (tertiary alicyclic amines) is 1. The van der Waals surface area contributed by atoms with Crippen LogP contribution in [0.5, 0.6) is 0 Å². The van der Waals surface area contributed by atoms with E-state index in [0.29, 0.717) is 26.1 Å². The average Bonchev–Trinajstić information content (AvgIpc) is 3.45. The molecule has 8 nitrogen and oxygen atoms in total. The lowest BCUT2D eigenvalue weighted by molar-refractivity contribution is -0.152. The van der Waals surface area contributed by atoms with E-state index < -0.39 is 35.1 Å². The third-order valence-corrected chi connectivity index (χ3v) is 8.76. The van der Waals surface area contributed by atoms with Crippen LogP contribution >= 0.6 is 15.9 Å². The molecule has 2 bridgehead atoms. The van der Waals surface area contributed by atoms with E-state index in [1.54, 1.807) is 22.0 Å². The molecule has 1 N–H and O–H groups in total. The molecule has 1 aromatic rings. The van der Waals surface area contributed by atoms with Crippen LogP contribution in [0.2, 0.25) is 0 Å². The van der Waals surface area contributed by atoms with Crippen LogP contribution in [-0.4, -0.2) is 91.9 Å². The smallest absolute Gasteiger partial charge is 0.249 e. The van der Waals surface area contributed by atoms with E-state index in [9.17, 15) is 19.5 Å². The Morgan fingerprint density at radius 2 is 1.84 bits per heavy atom. The summed E-state index contributed by atoms with van der Waals surface area (Å²) in [6.45, 7) is 14.1. The number of amides is 3. The normalized spacial score (nSPS) is 29.8. The molecule has 0 aliphatic carbocycles. The van der Waals surface area contributed by atoms with Gasteiger partial charge in [0.25, 0.3) is 0 Å². The Morgan fingerprint density at radius 1 is 1.18 bits per heavy atom. The number of aliphatic hydroxyl groups excluding tert-OH is 1. The van der Waals surface area contributed by atoms with Crippen molar-refractivity contribution in [1.29, 1.82) is 0 Å². The first-order valence-electron chi connectivity index (χ1n) is 13.1. The second-order valence-electron chi connectivity index (χ2n) is 11.3. The van der Waals surface area contributed by atoms with Gasteiger partial charge in [0.1, 0.15) is 11.6 Å². The summed E-state index contributed by atoms with van der Waals surface area (Å²) in [4.78, 5) is 47.0. The first-order valence-corrected chi connectivity index (χ1v) is 14.0. The summed E-state index contributed by atoms with van der Waals surface area (Å²) in [5, 5.41) is 9.85. The Hall–Kier alpha value is -2.49. The number of aliphatic hydroxyl groups is 1. The number of β-amino-alcohol motifs (C(OH)–C–C–N with tert-alkyl or cyclic N) is 1. The highest BCUT2D eigenvalue weighted by atomic mass is 79.9. The standard InChI is InChI=1S/C29H38BrN3O5/c1-6-13-31(18-19-11-9-8-10-12-19)25(35)21-22-26(36)32(15-16-34)24(29(22)17-20(30)23(21)38-29)27(37)33(14-7-2)28(3,4)5/h6-12,20-24,34H,1-2,13-18H2,3-5H3/t20?,21-,22+,23-,24?,29?/m1/s1. The molecule has 9 heteroatoms. The number of rotatable bonds is 10. The Morgan fingerprint density at radius 3 is 2.42 bits per heavy atom. The minimum Gasteiger partial charge on any atom is -0.395 e. The number of carbonyl (C=O) groups excluding carboxylic acids is 3. The number of ether oxygens (including phenoxy) is 1. The van der Waals surface area contributed by atoms with Gasteiger partial charge in [-0.15, -0.1) is 13.2 Å². The third kappa shape index (κ3) is 4.73. The van der Waals surface area contributed by atoms with Crippen molar-refractivity contribution in [3.63, 3.8) is 0 Å². The summed E-state index contributed by atoms with van der Waals surface area (Å²) in [7, 11) is 0. The van der Waals surface area contributed by atoms with Crippen LogP contribution < -0.4 is 0 Å². The van der Waals surface area contributed by atoms with Gasteiger partial charge in [0.2, 0.25) is 17.7 Å². The first kappa shape index (κ1) is 28.5. The fourth-order valence-corrected chi connectivity index (χ4v) is 7.36. The number of carbonyl (C=O) groups is 3. The Labute approximate surface area is 233 Å². The van der Waals surface area contributed by atoms with Crippen molar-refractivity contribution in [2.24, 2.45) is 11.8 Å². The van der Waals surface area contributed by atoms with Crippen molar-refractivity contribution in [1.82, 2.24) is 14.7 Å². The summed E-state index contributed by atoms with van der Waals surface area (Å²) in [6, 6.07) is 8.72. The van der Waals surface area contributed by atoms with Gasteiger partial charge in [0.15, 0.2) is 0 Å². The molecule has 4 rings (SSSR count). The third-order valence-electron chi connectivity index (χ3n) is 7.91. The van der Waals surface area contributed by atoms with Gasteiger partial charge < -0.3 is 24.5 Å². The number of halogens is 1. The van der Waals surface area contributed by atoms with E-state index in [0.717, 1.165) is 5.56 Å². The van der Waals surface area contributed by atoms with Gasteiger partial charge in [-0.1, -0.05) is 58.4 Å². The summed E-state index contributed by atoms with van der Waals surface area (Å²) in [5.41, 5.74) is -0.737. The van der Waals surface area contributed by atoms with Crippen molar-refractivity contribution < 1.29 is 24.2 Å². The summed E-state index contributed by atoms with van der Waals surface area (Å²) >= 11 is 3.72. The molecular formula is C29H38BrN3O5. The van der Waals surface area contributed by atoms with Gasteiger partial charge in [0.05, 0.1) is 24.5 Å². The minimum atomic E-state index is -1.17. The first-order chi connectivity index (χ1) is 18.0. The molecule has 1 spiro atoms. The lowest BCUT2D eigenvalue weighted by atomic mass is 9.70. The highest BCUT2D eigenvalue weighted by Gasteiger charge is 2.77. The van der Waals surface area contributed by atoms with Crippen LogP contribution in [0.25, 0.3) is 0 Å². The minimum absolute atomic E-state index is 0.0121. The lowest BCUT2D eigenvalue weighted by Crippen LogP contribution is -2.60. The van der Waals surface area contributed by atoms with Crippen molar-refractivity contribution in [3.8, 4) is 0 Å². The Kier molecular flexibility index (Phi) is 8.21. The molecule has 3 saturated heterocycles. The van der Waals surface area contributed by atoms with Crippen LogP contribution in [0, 0.1) is 11.8 Å². The summed E-state index contributed by atoms with van der Waals surface area (Å²) in [6.07, 6.45) is 3.21. The maximum Gasteiger partial charge on any atom is 0.249 e. The average molecular weight is 589 g/mol. The molecule has 3 fully saturated rings. The van der Waals surface area contributed by atoms with Crippen LogP contribution in [0.3, 0.4) is 0 Å². The van der Waals surface area contributed by atoms with Gasteiger partial charge in [0, 0.05) is 36.5 Å². The van der Waals surface area contributed by atoms with Gasteiger partial charge >= 0.3 is 0 Å². The second kappa shape index (κ2) is 10.9. The molecule has 1 aromatic carbocycles. The topological polar surface area (TPSA) is 90.4 Å².